The summed E-state index contributed by atoms with van der Waals surface area (Å²) in [5.41, 5.74) is 3.23. The molecule has 24 heavy (non-hydrogen) atoms. The van der Waals surface area contributed by atoms with E-state index in [0.29, 0.717) is 16.4 Å². The van der Waals surface area contributed by atoms with Gasteiger partial charge >= 0.3 is 0 Å². The van der Waals surface area contributed by atoms with Crippen LogP contribution in [-0.4, -0.2) is 15.9 Å². The summed E-state index contributed by atoms with van der Waals surface area (Å²) in [5.74, 6) is 0.317. The van der Waals surface area contributed by atoms with Crippen LogP contribution in [0.2, 0.25) is 5.02 Å². The summed E-state index contributed by atoms with van der Waals surface area (Å²) in [4.78, 5) is 20.8. The summed E-state index contributed by atoms with van der Waals surface area (Å²) in [7, 11) is 0. The molecule has 0 atom stereocenters. The van der Waals surface area contributed by atoms with Crippen molar-refractivity contribution in [2.75, 3.05) is 5.32 Å². The molecule has 0 radical (unpaired) electrons. The first-order valence-corrected chi connectivity index (χ1v) is 8.02. The van der Waals surface area contributed by atoms with Gasteiger partial charge in [-0.25, -0.2) is 9.97 Å². The van der Waals surface area contributed by atoms with Crippen LogP contribution >= 0.6 is 11.6 Å². The molecule has 120 valence electrons. The van der Waals surface area contributed by atoms with Crippen LogP contribution < -0.4 is 5.32 Å². The number of hydrogen-bond donors (Lipinski definition) is 1. The summed E-state index contributed by atoms with van der Waals surface area (Å²) >= 11 is 5.87. The Morgan fingerprint density at radius 3 is 2.21 bits per heavy atom. The lowest BCUT2D eigenvalue weighted by Crippen LogP contribution is -2.12. The molecular weight excluding hydrogens is 322 g/mol. The Hall–Kier alpha value is -2.72. The van der Waals surface area contributed by atoms with Crippen molar-refractivity contribution < 1.29 is 4.79 Å². The minimum atomic E-state index is -0.234. The standard InChI is InChI=1S/C19H16ClN3O/c1-2-13-3-9-17(10-4-13)23-19(24)15-11-21-18(22-12-15)14-5-7-16(20)8-6-14/h3-12H,2H2,1H3,(H,23,24). The molecule has 0 aliphatic carbocycles. The topological polar surface area (TPSA) is 54.9 Å². The third-order valence-electron chi connectivity index (χ3n) is 3.64. The fraction of sp³-hybridized carbons (Fsp3) is 0.105. The SMILES string of the molecule is CCc1ccc(NC(=O)c2cnc(-c3ccc(Cl)cc3)nc2)cc1. The molecule has 0 bridgehead atoms. The molecule has 0 aliphatic rings. The summed E-state index contributed by atoms with van der Waals surface area (Å²) < 4.78 is 0. The zero-order chi connectivity index (χ0) is 16.9. The minimum Gasteiger partial charge on any atom is -0.322 e. The number of carbonyl (C=O) groups excluding carboxylic acids is 1. The Kier molecular flexibility index (Phi) is 4.87. The van der Waals surface area contributed by atoms with Gasteiger partial charge in [-0.1, -0.05) is 30.7 Å². The molecule has 1 aromatic heterocycles. The maximum Gasteiger partial charge on any atom is 0.258 e. The molecule has 2 aromatic carbocycles. The normalized spacial score (nSPS) is 10.4. The maximum absolute atomic E-state index is 12.3. The number of nitrogens with one attached hydrogen (secondary N) is 1. The molecular formula is C19H16ClN3O. The second kappa shape index (κ2) is 7.23. The van der Waals surface area contributed by atoms with Crippen LogP contribution in [0.1, 0.15) is 22.8 Å². The van der Waals surface area contributed by atoms with Crippen LogP contribution in [0.4, 0.5) is 5.69 Å². The molecule has 0 saturated heterocycles. The van der Waals surface area contributed by atoms with E-state index in [9.17, 15) is 4.79 Å². The number of aryl methyl sites for hydroxylation is 1. The Morgan fingerprint density at radius 2 is 1.62 bits per heavy atom. The number of amides is 1. The number of nitrogens with zero attached hydrogens (tertiary/aromatic N) is 2. The van der Waals surface area contributed by atoms with Gasteiger partial charge in [0.25, 0.3) is 5.91 Å². The van der Waals surface area contributed by atoms with Crippen molar-refractivity contribution >= 4 is 23.2 Å². The lowest BCUT2D eigenvalue weighted by atomic mass is 10.1. The third-order valence-corrected chi connectivity index (χ3v) is 3.89. The number of rotatable bonds is 4. The summed E-state index contributed by atoms with van der Waals surface area (Å²) in [5, 5.41) is 3.50. The second-order valence-electron chi connectivity index (χ2n) is 5.31. The number of carbonyl (C=O) groups is 1. The summed E-state index contributed by atoms with van der Waals surface area (Å²) in [6.07, 6.45) is 4.01. The van der Waals surface area contributed by atoms with E-state index in [1.165, 1.54) is 18.0 Å². The van der Waals surface area contributed by atoms with E-state index in [0.717, 1.165) is 17.7 Å². The molecule has 1 heterocycles. The largest absolute Gasteiger partial charge is 0.322 e. The van der Waals surface area contributed by atoms with Crippen LogP contribution in [-0.2, 0) is 6.42 Å². The molecule has 1 amide bonds. The van der Waals surface area contributed by atoms with E-state index >= 15 is 0 Å². The maximum atomic E-state index is 12.3. The van der Waals surface area contributed by atoms with Crippen LogP contribution in [0, 0.1) is 0 Å². The molecule has 5 heteroatoms. The van der Waals surface area contributed by atoms with Crippen LogP contribution in [0.15, 0.2) is 60.9 Å². The third kappa shape index (κ3) is 3.78. The van der Waals surface area contributed by atoms with Crippen molar-refractivity contribution in [3.63, 3.8) is 0 Å². The van der Waals surface area contributed by atoms with E-state index in [4.69, 9.17) is 11.6 Å². The Labute approximate surface area is 145 Å². The molecule has 3 aromatic rings. The molecule has 0 unspecified atom stereocenters. The van der Waals surface area contributed by atoms with E-state index < -0.39 is 0 Å². The average molecular weight is 338 g/mol. The van der Waals surface area contributed by atoms with Gasteiger partial charge < -0.3 is 5.32 Å². The predicted molar refractivity (Wildman–Crippen MR) is 96.3 cm³/mol. The van der Waals surface area contributed by atoms with Crippen molar-refractivity contribution in [1.29, 1.82) is 0 Å². The van der Waals surface area contributed by atoms with Gasteiger partial charge in [-0.15, -0.1) is 0 Å². The van der Waals surface area contributed by atoms with Crippen molar-refractivity contribution in [3.05, 3.63) is 77.1 Å². The second-order valence-corrected chi connectivity index (χ2v) is 5.74. The number of hydrogen-bond acceptors (Lipinski definition) is 3. The molecule has 0 aliphatic heterocycles. The van der Waals surface area contributed by atoms with Gasteiger partial charge in [0.2, 0.25) is 0 Å². The Balaban J connectivity index is 1.72. The number of halogens is 1. The average Bonchev–Trinajstić information content (AvgIpc) is 2.63. The minimum absolute atomic E-state index is 0.234. The van der Waals surface area contributed by atoms with Gasteiger partial charge in [0.15, 0.2) is 5.82 Å². The first-order valence-electron chi connectivity index (χ1n) is 7.64. The highest BCUT2D eigenvalue weighted by Crippen LogP contribution is 2.18. The molecule has 0 spiro atoms. The van der Waals surface area contributed by atoms with Crippen LogP contribution in [0.3, 0.4) is 0 Å². The van der Waals surface area contributed by atoms with Gasteiger partial charge in [0.05, 0.1) is 5.56 Å². The zero-order valence-corrected chi connectivity index (χ0v) is 13.9. The van der Waals surface area contributed by atoms with E-state index in [-0.39, 0.29) is 5.91 Å². The summed E-state index contributed by atoms with van der Waals surface area (Å²) in [6, 6.07) is 15.0. The van der Waals surface area contributed by atoms with Gasteiger partial charge in [-0.3, -0.25) is 4.79 Å². The first-order chi connectivity index (χ1) is 11.7. The summed E-state index contributed by atoms with van der Waals surface area (Å²) in [6.45, 7) is 2.09. The number of benzene rings is 2. The van der Waals surface area contributed by atoms with Crippen molar-refractivity contribution in [2.24, 2.45) is 0 Å². The molecule has 1 N–H and O–H groups in total. The molecule has 3 rings (SSSR count). The van der Waals surface area contributed by atoms with Gasteiger partial charge in [-0.05, 0) is 48.4 Å². The zero-order valence-electron chi connectivity index (χ0n) is 13.2. The van der Waals surface area contributed by atoms with Gasteiger partial charge in [-0.2, -0.15) is 0 Å². The van der Waals surface area contributed by atoms with E-state index in [2.05, 4.69) is 22.2 Å². The predicted octanol–water partition coefficient (Wildman–Crippen LogP) is 4.61. The smallest absolute Gasteiger partial charge is 0.258 e. The monoisotopic (exact) mass is 337 g/mol. The molecule has 4 nitrogen and oxygen atoms in total. The highest BCUT2D eigenvalue weighted by atomic mass is 35.5. The van der Waals surface area contributed by atoms with Crippen molar-refractivity contribution in [2.45, 2.75) is 13.3 Å². The van der Waals surface area contributed by atoms with Crippen LogP contribution in [0.25, 0.3) is 11.4 Å². The first kappa shape index (κ1) is 16.1. The molecule has 0 saturated carbocycles. The highest BCUT2D eigenvalue weighted by molar-refractivity contribution is 6.30. The fourth-order valence-electron chi connectivity index (χ4n) is 2.22. The quantitative estimate of drug-likeness (QED) is 0.756. The van der Waals surface area contributed by atoms with E-state index in [1.54, 1.807) is 12.1 Å². The fourth-order valence-corrected chi connectivity index (χ4v) is 2.35. The highest BCUT2D eigenvalue weighted by Gasteiger charge is 2.08. The number of anilines is 1. The Bertz CT molecular complexity index is 828. The van der Waals surface area contributed by atoms with Gasteiger partial charge in [0.1, 0.15) is 0 Å². The molecule has 0 fully saturated rings. The lowest BCUT2D eigenvalue weighted by Gasteiger charge is -2.06. The van der Waals surface area contributed by atoms with Crippen molar-refractivity contribution in [1.82, 2.24) is 9.97 Å². The van der Waals surface area contributed by atoms with Crippen LogP contribution in [0.5, 0.6) is 0 Å². The number of aromatic nitrogens is 2. The lowest BCUT2D eigenvalue weighted by molar-refractivity contribution is 0.102. The Morgan fingerprint density at radius 1 is 1.00 bits per heavy atom. The van der Waals surface area contributed by atoms with Crippen molar-refractivity contribution in [3.8, 4) is 11.4 Å². The van der Waals surface area contributed by atoms with E-state index in [1.807, 2.05) is 36.4 Å². The van der Waals surface area contributed by atoms with Gasteiger partial charge in [0, 0.05) is 28.7 Å².